The molecule has 53 heavy (non-hydrogen) atoms. The largest absolute Gasteiger partial charge is 0.366 e. The summed E-state index contributed by atoms with van der Waals surface area (Å²) >= 11 is 5.79. The van der Waals surface area contributed by atoms with Crippen LogP contribution in [0.15, 0.2) is 48.5 Å². The molecule has 0 aliphatic heterocycles. The number of halogens is 1. The van der Waals surface area contributed by atoms with Gasteiger partial charge in [-0.1, -0.05) is 62.3 Å². The van der Waals surface area contributed by atoms with Gasteiger partial charge in [-0.3, -0.25) is 9.59 Å². The van der Waals surface area contributed by atoms with Crippen LogP contribution < -0.4 is 33.2 Å². The van der Waals surface area contributed by atoms with Gasteiger partial charge < -0.3 is 33.2 Å². The normalized spacial score (nSPS) is 17.3. The highest BCUT2D eigenvalue weighted by atomic mass is 35.5. The van der Waals surface area contributed by atoms with E-state index in [4.69, 9.17) is 28.8 Å². The molecular formula is C38H49ClN12O2. The van der Waals surface area contributed by atoms with Gasteiger partial charge in [0.1, 0.15) is 11.6 Å². The molecule has 280 valence electrons. The van der Waals surface area contributed by atoms with Crippen molar-refractivity contribution in [2.24, 2.45) is 17.2 Å². The van der Waals surface area contributed by atoms with E-state index in [2.05, 4.69) is 46.3 Å². The highest BCUT2D eigenvalue weighted by Crippen LogP contribution is 2.40. The number of nitrogens with two attached hydrogens (primary N) is 3. The summed E-state index contributed by atoms with van der Waals surface area (Å²) in [7, 11) is 0. The number of nitrogens with zero attached hydrogens (tertiary/aromatic N) is 6. The molecule has 9 N–H and O–H groups in total. The van der Waals surface area contributed by atoms with Crippen LogP contribution in [0.1, 0.15) is 134 Å². The quantitative estimate of drug-likeness (QED) is 0.0980. The lowest BCUT2D eigenvalue weighted by Gasteiger charge is -2.23. The number of carbonyl (C=O) groups excluding carboxylic acids is 2. The van der Waals surface area contributed by atoms with Crippen molar-refractivity contribution in [3.05, 3.63) is 76.5 Å². The summed E-state index contributed by atoms with van der Waals surface area (Å²) in [5.74, 6) is 1.80. The van der Waals surface area contributed by atoms with E-state index in [1.807, 2.05) is 36.4 Å². The van der Waals surface area contributed by atoms with Crippen molar-refractivity contribution < 1.29 is 9.59 Å². The number of carbonyl (C=O) groups is 2. The van der Waals surface area contributed by atoms with Crippen LogP contribution in [0.25, 0.3) is 0 Å². The average Bonchev–Trinajstić information content (AvgIpc) is 4.08. The predicted octanol–water partition coefficient (Wildman–Crippen LogP) is 6.86. The Morgan fingerprint density at radius 2 is 1.09 bits per heavy atom. The first kappa shape index (κ1) is 37.8. The van der Waals surface area contributed by atoms with Crippen LogP contribution in [0.4, 0.5) is 28.8 Å². The molecule has 4 heterocycles. The standard InChI is InChI=1S/C19H24N6O.C13H12ClN5O.C6H13N/c20-19(26)18-15(23-16-8-4-7-14(22-16)12-9-10-12)11-17(24-25-18)21-13-5-2-1-3-6-13;14-10-6-9(12(13(15)20)19-18-10)17-11-3-1-2-8(16-11)7-4-5-7;7-6-4-2-1-3-5-6/h4,7-8,11-13H,1-3,5-6,9-10H2,(H2,20,26)(H2,21,22,23,24);1-3,6-7H,4-5H2,(H2,15,20)(H,16,17,18);6H,1-5,7H2. The number of pyridine rings is 2. The molecule has 0 unspecified atom stereocenters. The van der Waals surface area contributed by atoms with Crippen LogP contribution in [0, 0.1) is 0 Å². The Bertz CT molecular complexity index is 1860. The van der Waals surface area contributed by atoms with E-state index in [-0.39, 0.29) is 16.5 Å². The number of rotatable bonds is 10. The third kappa shape index (κ3) is 11.5. The van der Waals surface area contributed by atoms with Crippen LogP contribution in [0.3, 0.4) is 0 Å². The van der Waals surface area contributed by atoms with Gasteiger partial charge in [0.25, 0.3) is 11.8 Å². The molecule has 4 aromatic rings. The van der Waals surface area contributed by atoms with Gasteiger partial charge in [0.05, 0.1) is 11.4 Å². The fraction of sp³-hybridized carbons (Fsp3) is 0.474. The Labute approximate surface area is 314 Å². The van der Waals surface area contributed by atoms with Crippen molar-refractivity contribution >= 4 is 52.2 Å². The number of primary amides is 2. The second-order valence-electron chi connectivity index (χ2n) is 14.2. The van der Waals surface area contributed by atoms with Crippen molar-refractivity contribution in [1.82, 2.24) is 30.4 Å². The fourth-order valence-electron chi connectivity index (χ4n) is 6.51. The number of hydrogen-bond acceptors (Lipinski definition) is 12. The first-order chi connectivity index (χ1) is 25.7. The third-order valence-electron chi connectivity index (χ3n) is 9.69. The minimum atomic E-state index is -0.671. The third-order valence-corrected chi connectivity index (χ3v) is 9.87. The minimum absolute atomic E-state index is 0.0352. The molecule has 4 aromatic heterocycles. The van der Waals surface area contributed by atoms with Crippen molar-refractivity contribution in [3.63, 3.8) is 0 Å². The van der Waals surface area contributed by atoms with E-state index >= 15 is 0 Å². The summed E-state index contributed by atoms with van der Waals surface area (Å²) in [5, 5.41) is 25.3. The summed E-state index contributed by atoms with van der Waals surface area (Å²) in [6, 6.07) is 15.9. The number of anilines is 5. The fourth-order valence-corrected chi connectivity index (χ4v) is 6.65. The lowest BCUT2D eigenvalue weighted by molar-refractivity contribution is 0.0987. The van der Waals surface area contributed by atoms with E-state index in [1.165, 1.54) is 83.1 Å². The first-order valence-corrected chi connectivity index (χ1v) is 19.1. The predicted molar refractivity (Wildman–Crippen MR) is 207 cm³/mol. The summed E-state index contributed by atoms with van der Waals surface area (Å²) in [4.78, 5) is 32.2. The van der Waals surface area contributed by atoms with Crippen molar-refractivity contribution in [2.75, 3.05) is 16.0 Å². The molecule has 0 atom stereocenters. The molecule has 0 radical (unpaired) electrons. The maximum atomic E-state index is 11.7. The van der Waals surface area contributed by atoms with E-state index < -0.39 is 11.8 Å². The SMILES string of the molecule is NC(=O)c1nnc(Cl)cc1Nc1cccc(C2CC2)n1.NC(=O)c1nnc(NC2CCCCC2)cc1Nc1cccc(C2CC2)n1.NC1CCCCC1. The maximum absolute atomic E-state index is 11.7. The Hall–Kier alpha value is -4.95. The zero-order chi connectivity index (χ0) is 37.2. The lowest BCUT2D eigenvalue weighted by atomic mass is 9.95. The maximum Gasteiger partial charge on any atom is 0.271 e. The Kier molecular flexibility index (Phi) is 13.0. The molecule has 14 nitrogen and oxygen atoms in total. The summed E-state index contributed by atoms with van der Waals surface area (Å²) < 4.78 is 0. The molecule has 4 aliphatic rings. The number of hydrogen-bond donors (Lipinski definition) is 6. The smallest absolute Gasteiger partial charge is 0.271 e. The van der Waals surface area contributed by atoms with Gasteiger partial charge in [-0.05, 0) is 75.6 Å². The second-order valence-corrected chi connectivity index (χ2v) is 14.6. The number of aromatic nitrogens is 6. The molecule has 0 aromatic carbocycles. The van der Waals surface area contributed by atoms with Crippen molar-refractivity contribution in [3.8, 4) is 0 Å². The Morgan fingerprint density at radius 3 is 1.57 bits per heavy atom. The molecule has 0 bridgehead atoms. The van der Waals surface area contributed by atoms with Crippen LogP contribution in [0.5, 0.6) is 0 Å². The average molecular weight is 741 g/mol. The van der Waals surface area contributed by atoms with E-state index in [1.54, 1.807) is 6.07 Å². The zero-order valence-electron chi connectivity index (χ0n) is 29.9. The van der Waals surface area contributed by atoms with Gasteiger partial charge in [0, 0.05) is 47.4 Å². The van der Waals surface area contributed by atoms with Gasteiger partial charge in [0.15, 0.2) is 22.4 Å². The summed E-state index contributed by atoms with van der Waals surface area (Å²) in [6.07, 6.45) is 17.4. The molecule has 4 fully saturated rings. The summed E-state index contributed by atoms with van der Waals surface area (Å²) in [6.45, 7) is 0. The molecule has 0 saturated heterocycles. The van der Waals surface area contributed by atoms with Gasteiger partial charge in [-0.15, -0.1) is 20.4 Å². The zero-order valence-corrected chi connectivity index (χ0v) is 30.7. The first-order valence-electron chi connectivity index (χ1n) is 18.7. The minimum Gasteiger partial charge on any atom is -0.366 e. The van der Waals surface area contributed by atoms with Gasteiger partial charge in [0.2, 0.25) is 0 Å². The Balaban J connectivity index is 0.000000157. The second kappa shape index (κ2) is 18.2. The summed E-state index contributed by atoms with van der Waals surface area (Å²) in [5.41, 5.74) is 19.6. The number of amides is 2. The monoisotopic (exact) mass is 740 g/mol. The van der Waals surface area contributed by atoms with Gasteiger partial charge >= 0.3 is 0 Å². The lowest BCUT2D eigenvalue weighted by Crippen LogP contribution is -2.24. The molecule has 4 saturated carbocycles. The molecule has 0 spiro atoms. The highest BCUT2D eigenvalue weighted by Gasteiger charge is 2.26. The van der Waals surface area contributed by atoms with Crippen molar-refractivity contribution in [2.45, 2.75) is 114 Å². The van der Waals surface area contributed by atoms with Gasteiger partial charge in [-0.25, -0.2) is 9.97 Å². The van der Waals surface area contributed by atoms with Crippen LogP contribution >= 0.6 is 11.6 Å². The molecular weight excluding hydrogens is 692 g/mol. The molecule has 8 rings (SSSR count). The van der Waals surface area contributed by atoms with Crippen LogP contribution in [-0.4, -0.2) is 54.3 Å². The van der Waals surface area contributed by atoms with Gasteiger partial charge in [-0.2, -0.15) is 0 Å². The molecule has 2 amide bonds. The van der Waals surface area contributed by atoms with Crippen LogP contribution in [0.2, 0.25) is 5.15 Å². The van der Waals surface area contributed by atoms with E-state index in [0.29, 0.717) is 52.7 Å². The van der Waals surface area contributed by atoms with E-state index in [9.17, 15) is 9.59 Å². The molecule has 15 heteroatoms. The molecule has 4 aliphatic carbocycles. The topological polar surface area (TPSA) is 226 Å². The number of nitrogens with one attached hydrogen (secondary N) is 3. The van der Waals surface area contributed by atoms with E-state index in [0.717, 1.165) is 24.2 Å². The van der Waals surface area contributed by atoms with Crippen molar-refractivity contribution in [1.29, 1.82) is 0 Å². The Morgan fingerprint density at radius 1 is 0.604 bits per heavy atom. The van der Waals surface area contributed by atoms with Crippen LogP contribution in [-0.2, 0) is 0 Å². The highest BCUT2D eigenvalue weighted by molar-refractivity contribution is 6.29.